The van der Waals surface area contributed by atoms with Crippen molar-refractivity contribution >= 4 is 18.6 Å². The molecule has 0 spiro atoms. The third-order valence-electron chi connectivity index (χ3n) is 0.691. The zero-order valence-corrected chi connectivity index (χ0v) is 6.60. The Bertz CT molecular complexity index is 142. The van der Waals surface area contributed by atoms with Crippen LogP contribution in [-0.4, -0.2) is 23.8 Å². The molecule has 0 bridgehead atoms. The van der Waals surface area contributed by atoms with E-state index in [1.54, 1.807) is 0 Å². The number of ether oxygens (including phenoxy) is 1. The Balaban J connectivity index is 3.50. The Hall–Kier alpha value is -0.480. The smallest absolute Gasteiger partial charge is 0.343 e. The molecule has 0 fully saturated rings. The van der Waals surface area contributed by atoms with E-state index in [0.29, 0.717) is 0 Å². The fraction of sp³-hybridized carbons (Fsp3) is 0.500. The van der Waals surface area contributed by atoms with Crippen LogP contribution in [0.3, 0.4) is 0 Å². The van der Waals surface area contributed by atoms with Gasteiger partial charge < -0.3 is 9.84 Å². The van der Waals surface area contributed by atoms with E-state index in [1.807, 2.05) is 0 Å². The number of esters is 1. The van der Waals surface area contributed by atoms with E-state index >= 15 is 0 Å². The first-order valence-electron chi connectivity index (χ1n) is 2.77. The van der Waals surface area contributed by atoms with Crippen molar-refractivity contribution in [3.8, 4) is 0 Å². The highest BCUT2D eigenvalue weighted by molar-refractivity contribution is 7.85. The van der Waals surface area contributed by atoms with Gasteiger partial charge in [0.05, 0.1) is 11.0 Å². The topological polar surface area (TPSA) is 46.5 Å². The van der Waals surface area contributed by atoms with Gasteiger partial charge >= 0.3 is 5.97 Å². The zero-order chi connectivity index (χ0) is 8.15. The highest BCUT2D eigenvalue weighted by Gasteiger charge is 2.04. The average Bonchev–Trinajstić information content (AvgIpc) is 1.82. The van der Waals surface area contributed by atoms with Crippen LogP contribution in [0.25, 0.3) is 0 Å². The monoisotopic (exact) mass is 162 g/mol. The van der Waals surface area contributed by atoms with Gasteiger partial charge in [0.2, 0.25) is 0 Å². The second-order valence-corrected chi connectivity index (χ2v) is 2.43. The molecule has 0 aliphatic heterocycles. The van der Waals surface area contributed by atoms with E-state index in [9.17, 15) is 4.79 Å². The van der Waals surface area contributed by atoms with Crippen LogP contribution in [0.15, 0.2) is 11.5 Å². The average molecular weight is 162 g/mol. The molecule has 0 aromatic rings. The van der Waals surface area contributed by atoms with Gasteiger partial charge in [0.1, 0.15) is 6.61 Å². The van der Waals surface area contributed by atoms with E-state index in [1.165, 1.54) is 6.92 Å². The second kappa shape index (κ2) is 4.35. The summed E-state index contributed by atoms with van der Waals surface area (Å²) in [6.45, 7) is 4.75. The summed E-state index contributed by atoms with van der Waals surface area (Å²) >= 11 is 3.64. The van der Waals surface area contributed by atoms with E-state index in [4.69, 9.17) is 5.11 Å². The highest BCUT2D eigenvalue weighted by Crippen LogP contribution is 1.98. The molecule has 0 saturated heterocycles. The number of thiol groups is 1. The lowest BCUT2D eigenvalue weighted by Crippen LogP contribution is -2.14. The maximum absolute atomic E-state index is 10.5. The van der Waals surface area contributed by atoms with Gasteiger partial charge in [-0.2, -0.15) is 0 Å². The lowest BCUT2D eigenvalue weighted by Gasteiger charge is -2.04. The number of hydrogen-bond acceptors (Lipinski definition) is 4. The summed E-state index contributed by atoms with van der Waals surface area (Å²) < 4.78 is 4.50. The summed E-state index contributed by atoms with van der Waals surface area (Å²) in [4.78, 5) is 10.6. The SMILES string of the molecule is C=C(S)C(=O)OCC(C)O. The second-order valence-electron chi connectivity index (χ2n) is 1.89. The highest BCUT2D eigenvalue weighted by atomic mass is 32.1. The van der Waals surface area contributed by atoms with Crippen LogP contribution >= 0.6 is 12.6 Å². The molecule has 1 unspecified atom stereocenters. The van der Waals surface area contributed by atoms with Gasteiger partial charge in [-0.25, -0.2) is 4.79 Å². The largest absolute Gasteiger partial charge is 0.459 e. The predicted molar refractivity (Wildman–Crippen MR) is 40.8 cm³/mol. The fourth-order valence-electron chi connectivity index (χ4n) is 0.280. The number of carbonyl (C=O) groups excluding carboxylic acids is 1. The molecule has 0 radical (unpaired) electrons. The Labute approximate surface area is 65.1 Å². The predicted octanol–water partition coefficient (Wildman–Crippen LogP) is 0.354. The van der Waals surface area contributed by atoms with Crippen molar-refractivity contribution < 1.29 is 14.6 Å². The van der Waals surface area contributed by atoms with Gasteiger partial charge in [0, 0.05) is 0 Å². The van der Waals surface area contributed by atoms with Gasteiger partial charge in [-0.15, -0.1) is 12.6 Å². The summed E-state index contributed by atoms with van der Waals surface area (Å²) in [6, 6.07) is 0. The maximum Gasteiger partial charge on any atom is 0.343 e. The van der Waals surface area contributed by atoms with E-state index in [-0.39, 0.29) is 11.5 Å². The lowest BCUT2D eigenvalue weighted by molar-refractivity contribution is -0.140. The Kier molecular flexibility index (Phi) is 4.14. The van der Waals surface area contributed by atoms with Crippen LogP contribution in [0.2, 0.25) is 0 Å². The third kappa shape index (κ3) is 4.40. The summed E-state index contributed by atoms with van der Waals surface area (Å²) in [5.41, 5.74) is 0. The first-order valence-corrected chi connectivity index (χ1v) is 3.22. The van der Waals surface area contributed by atoms with E-state index in [2.05, 4.69) is 23.9 Å². The molecule has 10 heavy (non-hydrogen) atoms. The van der Waals surface area contributed by atoms with Crippen LogP contribution in [0.5, 0.6) is 0 Å². The number of aliphatic hydroxyl groups is 1. The Morgan fingerprint density at radius 2 is 2.40 bits per heavy atom. The van der Waals surface area contributed by atoms with Gasteiger partial charge in [0.15, 0.2) is 0 Å². The van der Waals surface area contributed by atoms with E-state index in [0.717, 1.165) is 0 Å². The van der Waals surface area contributed by atoms with Gasteiger partial charge in [-0.05, 0) is 6.92 Å². The van der Waals surface area contributed by atoms with Gasteiger partial charge in [-0.1, -0.05) is 6.58 Å². The molecule has 3 nitrogen and oxygen atoms in total. The normalized spacial score (nSPS) is 12.3. The number of carbonyl (C=O) groups is 1. The molecule has 0 saturated carbocycles. The van der Waals surface area contributed by atoms with Crippen molar-refractivity contribution in [2.75, 3.05) is 6.61 Å². The summed E-state index contributed by atoms with van der Waals surface area (Å²) in [5, 5.41) is 8.65. The van der Waals surface area contributed by atoms with Gasteiger partial charge in [0.25, 0.3) is 0 Å². The first kappa shape index (κ1) is 9.52. The minimum Gasteiger partial charge on any atom is -0.459 e. The van der Waals surface area contributed by atoms with Crippen molar-refractivity contribution in [1.29, 1.82) is 0 Å². The number of hydrogen-bond donors (Lipinski definition) is 2. The van der Waals surface area contributed by atoms with E-state index < -0.39 is 12.1 Å². The molecule has 0 heterocycles. The molecule has 0 rings (SSSR count). The van der Waals surface area contributed by atoms with Gasteiger partial charge in [-0.3, -0.25) is 0 Å². The van der Waals surface area contributed by atoms with Crippen LogP contribution in [0.4, 0.5) is 0 Å². The minimum atomic E-state index is -0.642. The van der Waals surface area contributed by atoms with Crippen LogP contribution in [0.1, 0.15) is 6.92 Å². The maximum atomic E-state index is 10.5. The molecule has 0 aliphatic rings. The minimum absolute atomic E-state index is 0.0155. The molecule has 1 atom stereocenters. The quantitative estimate of drug-likeness (QED) is 0.358. The summed E-state index contributed by atoms with van der Waals surface area (Å²) in [5.74, 6) is -0.593. The molecule has 0 aromatic carbocycles. The molecule has 0 aromatic heterocycles. The molecule has 0 amide bonds. The zero-order valence-electron chi connectivity index (χ0n) is 5.70. The van der Waals surface area contributed by atoms with Crippen LogP contribution in [0, 0.1) is 0 Å². The van der Waals surface area contributed by atoms with Crippen molar-refractivity contribution in [2.24, 2.45) is 0 Å². The van der Waals surface area contributed by atoms with Crippen molar-refractivity contribution in [1.82, 2.24) is 0 Å². The first-order chi connectivity index (χ1) is 4.54. The number of aliphatic hydroxyl groups excluding tert-OH is 1. The van der Waals surface area contributed by atoms with Crippen molar-refractivity contribution in [3.63, 3.8) is 0 Å². The van der Waals surface area contributed by atoms with Crippen molar-refractivity contribution in [3.05, 3.63) is 11.5 Å². The number of rotatable bonds is 3. The molecular formula is C6H10O3S. The molecule has 1 N–H and O–H groups in total. The van der Waals surface area contributed by atoms with Crippen LogP contribution in [-0.2, 0) is 9.53 Å². The lowest BCUT2D eigenvalue weighted by atomic mass is 10.4. The molecule has 58 valence electrons. The molecule has 0 aliphatic carbocycles. The fourth-order valence-corrected chi connectivity index (χ4v) is 0.344. The van der Waals surface area contributed by atoms with Crippen molar-refractivity contribution in [2.45, 2.75) is 13.0 Å². The van der Waals surface area contributed by atoms with Crippen LogP contribution < -0.4 is 0 Å². The Morgan fingerprint density at radius 3 is 2.70 bits per heavy atom. The summed E-state index contributed by atoms with van der Waals surface area (Å²) in [6.07, 6.45) is -0.642. The Morgan fingerprint density at radius 1 is 1.90 bits per heavy atom. The standard InChI is InChI=1S/C6H10O3S/c1-4(7)3-9-6(8)5(2)10/h4,7,10H,2-3H2,1H3. The molecule has 4 heteroatoms. The molecular weight excluding hydrogens is 152 g/mol. The third-order valence-corrected chi connectivity index (χ3v) is 0.874. The summed E-state index contributed by atoms with van der Waals surface area (Å²) in [7, 11) is 0.